The van der Waals surface area contributed by atoms with Crippen LogP contribution in [0, 0.1) is 13.8 Å². The summed E-state index contributed by atoms with van der Waals surface area (Å²) in [6.45, 7) is 3.93. The van der Waals surface area contributed by atoms with Gasteiger partial charge in [0.2, 0.25) is 5.91 Å². The number of hydrogen-bond donors (Lipinski definition) is 3. The second-order valence-electron chi connectivity index (χ2n) is 4.58. The van der Waals surface area contributed by atoms with Crippen molar-refractivity contribution in [2.45, 2.75) is 26.3 Å². The van der Waals surface area contributed by atoms with Gasteiger partial charge in [0.1, 0.15) is 6.04 Å². The summed E-state index contributed by atoms with van der Waals surface area (Å²) in [6.07, 6.45) is 2.49. The number of anilines is 1. The van der Waals surface area contributed by atoms with Crippen molar-refractivity contribution in [1.29, 1.82) is 0 Å². The molecule has 0 aliphatic heterocycles. The molecule has 5 nitrogen and oxygen atoms in total. The Hall–Kier alpha value is -1.69. The monoisotopic (exact) mass is 295 g/mol. The average Bonchev–Trinajstić information content (AvgIpc) is 2.39. The first-order chi connectivity index (χ1) is 9.45. The van der Waals surface area contributed by atoms with Crippen molar-refractivity contribution < 1.29 is 9.59 Å². The lowest BCUT2D eigenvalue weighted by Gasteiger charge is -2.18. The fourth-order valence-corrected chi connectivity index (χ4v) is 2.25. The molecule has 0 radical (unpaired) electrons. The number of urea groups is 1. The van der Waals surface area contributed by atoms with Crippen LogP contribution in [0.3, 0.4) is 0 Å². The van der Waals surface area contributed by atoms with Crippen molar-refractivity contribution in [2.24, 2.45) is 5.73 Å². The third kappa shape index (κ3) is 4.77. The molecule has 0 saturated heterocycles. The van der Waals surface area contributed by atoms with Crippen molar-refractivity contribution in [3.8, 4) is 0 Å². The van der Waals surface area contributed by atoms with Crippen LogP contribution in [0.4, 0.5) is 10.5 Å². The summed E-state index contributed by atoms with van der Waals surface area (Å²) in [5, 5.41) is 5.33. The highest BCUT2D eigenvalue weighted by atomic mass is 32.2. The number of nitrogens with two attached hydrogens (primary N) is 1. The predicted octanol–water partition coefficient (Wildman–Crippen LogP) is 2.03. The molecule has 0 aromatic heterocycles. The number of primary amides is 1. The minimum absolute atomic E-state index is 0.244. The fourth-order valence-electron chi connectivity index (χ4n) is 1.78. The summed E-state index contributed by atoms with van der Waals surface area (Å²) < 4.78 is 0. The van der Waals surface area contributed by atoms with Crippen LogP contribution < -0.4 is 16.4 Å². The van der Waals surface area contributed by atoms with Crippen molar-refractivity contribution in [3.63, 3.8) is 0 Å². The molecule has 0 aliphatic rings. The fraction of sp³-hybridized carbons (Fsp3) is 0.429. The molecule has 0 spiro atoms. The van der Waals surface area contributed by atoms with E-state index in [1.165, 1.54) is 0 Å². The lowest BCUT2D eigenvalue weighted by molar-refractivity contribution is -0.117. The molecule has 1 atom stereocenters. The number of amides is 3. The molecule has 1 rings (SSSR count). The maximum absolute atomic E-state index is 12.2. The van der Waals surface area contributed by atoms with E-state index in [1.54, 1.807) is 11.8 Å². The van der Waals surface area contributed by atoms with Gasteiger partial charge in [-0.25, -0.2) is 4.79 Å². The van der Waals surface area contributed by atoms with Gasteiger partial charge >= 0.3 is 6.03 Å². The Bertz CT molecular complexity index is 491. The van der Waals surface area contributed by atoms with Crippen LogP contribution in [-0.2, 0) is 4.79 Å². The van der Waals surface area contributed by atoms with Crippen molar-refractivity contribution >= 4 is 29.4 Å². The molecule has 0 aliphatic carbocycles. The van der Waals surface area contributed by atoms with Crippen molar-refractivity contribution in [2.75, 3.05) is 17.3 Å². The highest BCUT2D eigenvalue weighted by Crippen LogP contribution is 2.18. The average molecular weight is 295 g/mol. The third-order valence-corrected chi connectivity index (χ3v) is 3.75. The predicted molar refractivity (Wildman–Crippen MR) is 84.1 cm³/mol. The second kappa shape index (κ2) is 7.79. The number of hydrogen-bond acceptors (Lipinski definition) is 3. The molecule has 3 amide bonds. The van der Waals surface area contributed by atoms with E-state index in [9.17, 15) is 9.59 Å². The molecule has 20 heavy (non-hydrogen) atoms. The zero-order chi connectivity index (χ0) is 15.1. The standard InChI is InChI=1S/C14H21N3O2S/c1-9-5-4-6-11(10(9)2)16-13(18)12(7-8-20-3)17-14(15)19/h4-6,12H,7-8H2,1-3H3,(H,16,18)(H3,15,17,19). The zero-order valence-corrected chi connectivity index (χ0v) is 12.8. The summed E-state index contributed by atoms with van der Waals surface area (Å²) in [5.41, 5.74) is 7.99. The molecule has 4 N–H and O–H groups in total. The second-order valence-corrected chi connectivity index (χ2v) is 5.56. The number of nitrogens with one attached hydrogen (secondary N) is 2. The van der Waals surface area contributed by atoms with E-state index >= 15 is 0 Å². The van der Waals surface area contributed by atoms with Gasteiger partial charge in [0.15, 0.2) is 0 Å². The SMILES string of the molecule is CSCCC(NC(N)=O)C(=O)Nc1cccc(C)c1C. The minimum atomic E-state index is -0.688. The van der Waals surface area contributed by atoms with E-state index in [-0.39, 0.29) is 5.91 Å². The summed E-state index contributed by atoms with van der Waals surface area (Å²) in [7, 11) is 0. The van der Waals surface area contributed by atoms with E-state index in [2.05, 4.69) is 10.6 Å². The van der Waals surface area contributed by atoms with Crippen molar-refractivity contribution in [3.05, 3.63) is 29.3 Å². The Labute approximate surface area is 123 Å². The summed E-state index contributed by atoms with van der Waals surface area (Å²) in [4.78, 5) is 23.2. The normalized spacial score (nSPS) is 11.8. The number of carbonyl (C=O) groups excluding carboxylic acids is 2. The lowest BCUT2D eigenvalue weighted by Crippen LogP contribution is -2.46. The van der Waals surface area contributed by atoms with Crippen LogP contribution in [0.25, 0.3) is 0 Å². The largest absolute Gasteiger partial charge is 0.352 e. The first kappa shape index (κ1) is 16.4. The van der Waals surface area contributed by atoms with Gasteiger partial charge < -0.3 is 16.4 Å². The molecule has 1 unspecified atom stereocenters. The first-order valence-electron chi connectivity index (χ1n) is 6.37. The Balaban J connectivity index is 2.79. The molecule has 0 saturated carbocycles. The first-order valence-corrected chi connectivity index (χ1v) is 7.77. The molecule has 0 bridgehead atoms. The molecule has 0 heterocycles. The maximum atomic E-state index is 12.2. The Morgan fingerprint density at radius 3 is 2.65 bits per heavy atom. The van der Waals surface area contributed by atoms with Crippen LogP contribution in [0.1, 0.15) is 17.5 Å². The number of carbonyl (C=O) groups is 2. The van der Waals surface area contributed by atoms with Gasteiger partial charge in [0.25, 0.3) is 0 Å². The van der Waals surface area contributed by atoms with E-state index in [1.807, 2.05) is 38.3 Å². The molecule has 110 valence electrons. The Morgan fingerprint density at radius 2 is 2.05 bits per heavy atom. The topological polar surface area (TPSA) is 84.2 Å². The van der Waals surface area contributed by atoms with Crippen LogP contribution >= 0.6 is 11.8 Å². The maximum Gasteiger partial charge on any atom is 0.312 e. The van der Waals surface area contributed by atoms with Gasteiger partial charge in [-0.05, 0) is 49.5 Å². The smallest absolute Gasteiger partial charge is 0.312 e. The van der Waals surface area contributed by atoms with Crippen molar-refractivity contribution in [1.82, 2.24) is 5.32 Å². The number of benzene rings is 1. The third-order valence-electron chi connectivity index (χ3n) is 3.11. The summed E-state index contributed by atoms with van der Waals surface area (Å²) in [6, 6.07) is 4.41. The highest BCUT2D eigenvalue weighted by molar-refractivity contribution is 7.98. The quantitative estimate of drug-likeness (QED) is 0.751. The number of aryl methyl sites for hydroxylation is 1. The lowest BCUT2D eigenvalue weighted by atomic mass is 10.1. The Kier molecular flexibility index (Phi) is 6.38. The number of rotatable bonds is 6. The molecule has 0 fully saturated rings. The molecule has 1 aromatic rings. The van der Waals surface area contributed by atoms with Gasteiger partial charge in [0, 0.05) is 5.69 Å². The van der Waals surface area contributed by atoms with E-state index in [0.717, 1.165) is 22.6 Å². The van der Waals surface area contributed by atoms with Gasteiger partial charge in [-0.3, -0.25) is 4.79 Å². The van der Waals surface area contributed by atoms with E-state index < -0.39 is 12.1 Å². The van der Waals surface area contributed by atoms with E-state index in [4.69, 9.17) is 5.73 Å². The van der Waals surface area contributed by atoms with Gasteiger partial charge in [-0.2, -0.15) is 11.8 Å². The molecular weight excluding hydrogens is 274 g/mol. The summed E-state index contributed by atoms with van der Waals surface area (Å²) in [5.74, 6) is 0.525. The molecule has 1 aromatic carbocycles. The van der Waals surface area contributed by atoms with E-state index in [0.29, 0.717) is 6.42 Å². The minimum Gasteiger partial charge on any atom is -0.352 e. The van der Waals surface area contributed by atoms with Gasteiger partial charge in [-0.1, -0.05) is 12.1 Å². The van der Waals surface area contributed by atoms with Crippen LogP contribution in [0.15, 0.2) is 18.2 Å². The highest BCUT2D eigenvalue weighted by Gasteiger charge is 2.20. The number of thioether (sulfide) groups is 1. The molecule has 6 heteroatoms. The molecular formula is C14H21N3O2S. The van der Waals surface area contributed by atoms with Gasteiger partial charge in [0.05, 0.1) is 0 Å². The van der Waals surface area contributed by atoms with Crippen LogP contribution in [0.2, 0.25) is 0 Å². The van der Waals surface area contributed by atoms with Crippen LogP contribution in [0.5, 0.6) is 0 Å². The summed E-state index contributed by atoms with van der Waals surface area (Å²) >= 11 is 1.61. The van der Waals surface area contributed by atoms with Crippen LogP contribution in [-0.4, -0.2) is 30.0 Å². The Morgan fingerprint density at radius 1 is 1.35 bits per heavy atom. The zero-order valence-electron chi connectivity index (χ0n) is 12.0. The van der Waals surface area contributed by atoms with Gasteiger partial charge in [-0.15, -0.1) is 0 Å².